The van der Waals surface area contributed by atoms with E-state index in [0.29, 0.717) is 28.3 Å². The van der Waals surface area contributed by atoms with Gasteiger partial charge in [0.25, 0.3) is 5.91 Å². The van der Waals surface area contributed by atoms with Crippen LogP contribution >= 0.6 is 23.1 Å². The zero-order valence-electron chi connectivity index (χ0n) is 17.0. The molecule has 32 heavy (non-hydrogen) atoms. The summed E-state index contributed by atoms with van der Waals surface area (Å²) in [5, 5.41) is 14.0. The summed E-state index contributed by atoms with van der Waals surface area (Å²) < 4.78 is 12.7. The van der Waals surface area contributed by atoms with Gasteiger partial charge < -0.3 is 20.2 Å². The molecule has 0 aliphatic rings. The highest BCUT2D eigenvalue weighted by atomic mass is 32.2. The Morgan fingerprint density at radius 1 is 1.25 bits per heavy atom. The smallest absolute Gasteiger partial charge is 0.251 e. The number of thiophene rings is 1. The van der Waals surface area contributed by atoms with Crippen molar-refractivity contribution >= 4 is 39.9 Å². The van der Waals surface area contributed by atoms with Crippen LogP contribution in [0.25, 0.3) is 11.4 Å². The molecule has 0 aliphatic heterocycles. The van der Waals surface area contributed by atoms with Crippen molar-refractivity contribution in [1.29, 1.82) is 0 Å². The number of methoxy groups -OCH3 is 1. The molecule has 0 bridgehead atoms. The van der Waals surface area contributed by atoms with E-state index >= 15 is 0 Å². The Hall–Kier alpha value is -3.57. The van der Waals surface area contributed by atoms with Gasteiger partial charge >= 0.3 is 0 Å². The van der Waals surface area contributed by atoms with Gasteiger partial charge in [-0.3, -0.25) is 14.2 Å². The lowest BCUT2D eigenvalue weighted by Crippen LogP contribution is -2.18. The normalized spacial score (nSPS) is 10.8. The number of furan rings is 1. The number of carbonyl (C=O) groups is 2. The fourth-order valence-corrected chi connectivity index (χ4v) is 4.51. The van der Waals surface area contributed by atoms with Gasteiger partial charge in [-0.1, -0.05) is 23.9 Å². The standard InChI is InChI=1S/C21H19N5O4S2/c1-29-14-5-2-4-13(10-14)19-24-25-21(26(19)11-15-6-3-8-30-15)32-12-17(27)23-20-16(18(22)28)7-9-31-20/h2-10H,11-12H2,1H3,(H2,22,28)(H,23,27). The summed E-state index contributed by atoms with van der Waals surface area (Å²) in [5.41, 5.74) is 6.44. The molecule has 0 saturated heterocycles. The molecule has 4 rings (SSSR count). The fraction of sp³-hybridized carbons (Fsp3) is 0.143. The summed E-state index contributed by atoms with van der Waals surface area (Å²) in [6, 6.07) is 12.7. The summed E-state index contributed by atoms with van der Waals surface area (Å²) in [6.07, 6.45) is 1.60. The topological polar surface area (TPSA) is 125 Å². The molecular weight excluding hydrogens is 450 g/mol. The van der Waals surface area contributed by atoms with E-state index in [-0.39, 0.29) is 17.2 Å². The lowest BCUT2D eigenvalue weighted by Gasteiger charge is -2.10. The van der Waals surface area contributed by atoms with Crippen LogP contribution in [0.2, 0.25) is 0 Å². The Balaban J connectivity index is 1.55. The van der Waals surface area contributed by atoms with Gasteiger partial charge in [-0.15, -0.1) is 21.5 Å². The van der Waals surface area contributed by atoms with Gasteiger partial charge in [-0.05, 0) is 35.7 Å². The molecule has 0 fully saturated rings. The average molecular weight is 470 g/mol. The van der Waals surface area contributed by atoms with E-state index in [1.165, 1.54) is 23.1 Å². The summed E-state index contributed by atoms with van der Waals surface area (Å²) in [6.45, 7) is 0.396. The molecule has 4 aromatic rings. The second kappa shape index (κ2) is 9.71. The van der Waals surface area contributed by atoms with Crippen LogP contribution in [0.3, 0.4) is 0 Å². The van der Waals surface area contributed by atoms with Gasteiger partial charge in [0, 0.05) is 5.56 Å². The number of thioether (sulfide) groups is 1. The number of ether oxygens (including phenoxy) is 1. The van der Waals surface area contributed by atoms with Gasteiger partial charge in [0.15, 0.2) is 11.0 Å². The van der Waals surface area contributed by atoms with E-state index in [4.69, 9.17) is 14.9 Å². The predicted molar refractivity (Wildman–Crippen MR) is 122 cm³/mol. The molecular formula is C21H19N5O4S2. The molecule has 0 spiro atoms. The first-order valence-corrected chi connectivity index (χ1v) is 11.3. The van der Waals surface area contributed by atoms with E-state index in [1.54, 1.807) is 24.8 Å². The number of benzene rings is 1. The molecule has 0 saturated carbocycles. The average Bonchev–Trinajstić information content (AvgIpc) is 3.54. The van der Waals surface area contributed by atoms with Crippen LogP contribution in [0.1, 0.15) is 16.1 Å². The number of carbonyl (C=O) groups excluding carboxylic acids is 2. The van der Waals surface area contributed by atoms with E-state index in [9.17, 15) is 9.59 Å². The van der Waals surface area contributed by atoms with Crippen molar-refractivity contribution < 1.29 is 18.7 Å². The minimum absolute atomic E-state index is 0.0739. The molecule has 164 valence electrons. The van der Waals surface area contributed by atoms with E-state index in [1.807, 2.05) is 41.0 Å². The van der Waals surface area contributed by atoms with Gasteiger partial charge in [0.05, 0.1) is 31.2 Å². The third-order valence-electron chi connectivity index (χ3n) is 4.45. The Morgan fingerprint density at radius 3 is 2.88 bits per heavy atom. The minimum atomic E-state index is -0.588. The first kappa shape index (κ1) is 21.7. The summed E-state index contributed by atoms with van der Waals surface area (Å²) >= 11 is 2.47. The van der Waals surface area contributed by atoms with Gasteiger partial charge in [-0.2, -0.15) is 0 Å². The SMILES string of the molecule is COc1cccc(-c2nnc(SCC(=O)Nc3sccc3C(N)=O)n2Cc2ccco2)c1. The van der Waals surface area contributed by atoms with Crippen molar-refractivity contribution in [2.24, 2.45) is 5.73 Å². The largest absolute Gasteiger partial charge is 0.497 e. The number of nitrogens with zero attached hydrogens (tertiary/aromatic N) is 3. The Morgan fingerprint density at radius 2 is 2.12 bits per heavy atom. The Bertz CT molecular complexity index is 1230. The number of hydrogen-bond acceptors (Lipinski definition) is 8. The van der Waals surface area contributed by atoms with Crippen molar-refractivity contribution in [3.05, 3.63) is 65.4 Å². The second-order valence-corrected chi connectivity index (χ2v) is 8.43. The Labute approximate surface area is 191 Å². The van der Waals surface area contributed by atoms with Crippen LogP contribution in [0.5, 0.6) is 5.75 Å². The zero-order valence-corrected chi connectivity index (χ0v) is 18.6. The highest BCUT2D eigenvalue weighted by molar-refractivity contribution is 7.99. The number of anilines is 1. The maximum atomic E-state index is 12.5. The van der Waals surface area contributed by atoms with Gasteiger partial charge in [0.2, 0.25) is 5.91 Å². The lowest BCUT2D eigenvalue weighted by atomic mass is 10.2. The number of primary amides is 1. The molecule has 3 aromatic heterocycles. The maximum absolute atomic E-state index is 12.5. The van der Waals surface area contributed by atoms with Crippen LogP contribution in [-0.4, -0.2) is 39.4 Å². The predicted octanol–water partition coefficient (Wildman–Crippen LogP) is 3.49. The third kappa shape index (κ3) is 4.84. The van der Waals surface area contributed by atoms with Gasteiger partial charge in [-0.25, -0.2) is 0 Å². The molecule has 11 heteroatoms. The number of nitrogens with two attached hydrogens (primary N) is 1. The molecule has 0 aliphatic carbocycles. The zero-order chi connectivity index (χ0) is 22.5. The highest BCUT2D eigenvalue weighted by Crippen LogP contribution is 2.28. The molecule has 0 unspecified atom stereocenters. The van der Waals surface area contributed by atoms with Crippen LogP contribution in [0.15, 0.2) is 63.7 Å². The van der Waals surface area contributed by atoms with Crippen LogP contribution < -0.4 is 15.8 Å². The maximum Gasteiger partial charge on any atom is 0.251 e. The van der Waals surface area contributed by atoms with Crippen molar-refractivity contribution in [1.82, 2.24) is 14.8 Å². The summed E-state index contributed by atoms with van der Waals surface area (Å²) in [4.78, 5) is 23.9. The molecule has 0 radical (unpaired) electrons. The molecule has 3 heterocycles. The van der Waals surface area contributed by atoms with Crippen molar-refractivity contribution in [3.63, 3.8) is 0 Å². The molecule has 2 amide bonds. The number of amides is 2. The molecule has 0 atom stereocenters. The number of hydrogen-bond donors (Lipinski definition) is 2. The summed E-state index contributed by atoms with van der Waals surface area (Å²) in [7, 11) is 1.60. The number of aromatic nitrogens is 3. The van der Waals surface area contributed by atoms with Crippen molar-refractivity contribution in [2.45, 2.75) is 11.7 Å². The minimum Gasteiger partial charge on any atom is -0.497 e. The monoisotopic (exact) mass is 469 g/mol. The van der Waals surface area contributed by atoms with E-state index in [2.05, 4.69) is 15.5 Å². The van der Waals surface area contributed by atoms with Gasteiger partial charge in [0.1, 0.15) is 16.5 Å². The number of rotatable bonds is 9. The quantitative estimate of drug-likeness (QED) is 0.359. The molecule has 1 aromatic carbocycles. The summed E-state index contributed by atoms with van der Waals surface area (Å²) in [5.74, 6) is 1.25. The van der Waals surface area contributed by atoms with Crippen molar-refractivity contribution in [2.75, 3.05) is 18.2 Å². The first-order chi connectivity index (χ1) is 15.5. The van der Waals surface area contributed by atoms with Crippen LogP contribution in [0.4, 0.5) is 5.00 Å². The highest BCUT2D eigenvalue weighted by Gasteiger charge is 2.18. The lowest BCUT2D eigenvalue weighted by molar-refractivity contribution is -0.113. The van der Waals surface area contributed by atoms with Crippen molar-refractivity contribution in [3.8, 4) is 17.1 Å². The Kier molecular flexibility index (Phi) is 6.57. The van der Waals surface area contributed by atoms with E-state index < -0.39 is 5.91 Å². The number of nitrogens with one attached hydrogen (secondary N) is 1. The molecule has 9 nitrogen and oxygen atoms in total. The van der Waals surface area contributed by atoms with Crippen LogP contribution in [-0.2, 0) is 11.3 Å². The second-order valence-electron chi connectivity index (χ2n) is 6.57. The fourth-order valence-electron chi connectivity index (χ4n) is 2.97. The first-order valence-electron chi connectivity index (χ1n) is 9.45. The van der Waals surface area contributed by atoms with E-state index in [0.717, 1.165) is 11.3 Å². The molecule has 3 N–H and O–H groups in total. The van der Waals surface area contributed by atoms with Crippen LogP contribution in [0, 0.1) is 0 Å². The third-order valence-corrected chi connectivity index (χ3v) is 6.25.